The van der Waals surface area contributed by atoms with E-state index in [-0.39, 0.29) is 37.5 Å². The van der Waals surface area contributed by atoms with E-state index in [1.807, 2.05) is 61.5 Å². The van der Waals surface area contributed by atoms with Gasteiger partial charge in [0, 0.05) is 19.6 Å². The number of hydrogen-bond acceptors (Lipinski definition) is 7. The Kier molecular flexibility index (Phi) is 9.06. The molecule has 2 unspecified atom stereocenters. The molecule has 3 saturated heterocycles. The summed E-state index contributed by atoms with van der Waals surface area (Å²) in [5.41, 5.74) is 1.17. The molecule has 3 aromatic rings. The van der Waals surface area contributed by atoms with E-state index in [2.05, 4.69) is 23.5 Å². The van der Waals surface area contributed by atoms with Gasteiger partial charge in [-0.25, -0.2) is 4.68 Å². The van der Waals surface area contributed by atoms with Crippen molar-refractivity contribution in [3.05, 3.63) is 85.5 Å². The molecule has 11 heteroatoms. The summed E-state index contributed by atoms with van der Waals surface area (Å²) >= 11 is 0. The van der Waals surface area contributed by atoms with Crippen LogP contribution in [0.25, 0.3) is 11.0 Å². The van der Waals surface area contributed by atoms with Gasteiger partial charge < -0.3 is 24.5 Å². The maximum Gasteiger partial charge on any atom is 0.250 e. The maximum absolute atomic E-state index is 14.9. The lowest BCUT2D eigenvalue weighted by Gasteiger charge is -2.39. The molecular weight excluding hydrogens is 584 g/mol. The van der Waals surface area contributed by atoms with Gasteiger partial charge >= 0.3 is 0 Å². The van der Waals surface area contributed by atoms with Gasteiger partial charge in [0.1, 0.15) is 23.8 Å². The van der Waals surface area contributed by atoms with E-state index in [0.29, 0.717) is 37.9 Å². The molecule has 6 rings (SSSR count). The van der Waals surface area contributed by atoms with E-state index in [1.54, 1.807) is 26.6 Å². The molecule has 4 heterocycles. The van der Waals surface area contributed by atoms with Crippen molar-refractivity contribution >= 4 is 28.8 Å². The second-order valence-electron chi connectivity index (χ2n) is 12.5. The third kappa shape index (κ3) is 5.31. The Bertz CT molecular complexity index is 1610. The summed E-state index contributed by atoms with van der Waals surface area (Å²) in [4.78, 5) is 48.7. The number of likely N-dealkylation sites (tertiary alicyclic amines) is 1. The molecule has 0 aliphatic carbocycles. The number of benzene rings is 2. The van der Waals surface area contributed by atoms with Crippen molar-refractivity contribution in [1.29, 1.82) is 0 Å². The predicted octanol–water partition coefficient (Wildman–Crippen LogP) is 2.81. The molecule has 3 aliphatic rings. The highest BCUT2D eigenvalue weighted by Crippen LogP contribution is 2.59. The summed E-state index contributed by atoms with van der Waals surface area (Å²) in [6.07, 6.45) is 4.96. The van der Waals surface area contributed by atoms with E-state index < -0.39 is 35.6 Å². The first-order valence-electron chi connectivity index (χ1n) is 16.1. The summed E-state index contributed by atoms with van der Waals surface area (Å²) in [6, 6.07) is 15.3. The van der Waals surface area contributed by atoms with Crippen molar-refractivity contribution in [3.63, 3.8) is 0 Å². The summed E-state index contributed by atoms with van der Waals surface area (Å²) in [5.74, 6) is -2.39. The van der Waals surface area contributed by atoms with E-state index in [1.165, 1.54) is 4.90 Å². The predicted molar refractivity (Wildman–Crippen MR) is 172 cm³/mol. The third-order valence-electron chi connectivity index (χ3n) is 9.72. The molecular formula is C35H42N6O5. The fourth-order valence-electron chi connectivity index (χ4n) is 7.84. The van der Waals surface area contributed by atoms with Gasteiger partial charge in [-0.2, -0.15) is 0 Å². The van der Waals surface area contributed by atoms with Crippen LogP contribution in [0, 0.1) is 11.8 Å². The topological polar surface area (TPSA) is 121 Å². The Morgan fingerprint density at radius 2 is 1.80 bits per heavy atom. The molecule has 242 valence electrons. The van der Waals surface area contributed by atoms with Crippen LogP contribution in [0.4, 0.5) is 0 Å². The number of carbonyl (C=O) groups is 3. The quantitative estimate of drug-likeness (QED) is 0.273. The molecule has 3 aliphatic heterocycles. The highest BCUT2D eigenvalue weighted by molar-refractivity contribution is 5.99. The number of ether oxygens (including phenoxy) is 1. The molecule has 3 fully saturated rings. The number of aliphatic hydroxyl groups excluding tert-OH is 1. The fraction of sp³-hybridized carbons (Fsp3) is 0.457. The third-order valence-corrected chi connectivity index (χ3v) is 9.72. The second-order valence-corrected chi connectivity index (χ2v) is 12.5. The summed E-state index contributed by atoms with van der Waals surface area (Å²) in [7, 11) is 0. The Morgan fingerprint density at radius 3 is 2.52 bits per heavy atom. The Hall–Kier alpha value is -4.35. The number of para-hydroxylation sites is 1. The van der Waals surface area contributed by atoms with Gasteiger partial charge in [-0.1, -0.05) is 66.8 Å². The molecule has 3 amide bonds. The Balaban J connectivity index is 1.41. The van der Waals surface area contributed by atoms with Crippen molar-refractivity contribution in [2.24, 2.45) is 11.8 Å². The van der Waals surface area contributed by atoms with E-state index >= 15 is 0 Å². The molecule has 1 N–H and O–H groups in total. The lowest BCUT2D eigenvalue weighted by molar-refractivity contribution is -0.152. The minimum atomic E-state index is -1.21. The van der Waals surface area contributed by atoms with Gasteiger partial charge in [0.05, 0.1) is 36.1 Å². The van der Waals surface area contributed by atoms with Crippen molar-refractivity contribution in [3.8, 4) is 0 Å². The molecule has 0 radical (unpaired) electrons. The first kappa shape index (κ1) is 31.6. The highest BCUT2D eigenvalue weighted by atomic mass is 16.5. The van der Waals surface area contributed by atoms with Gasteiger partial charge in [0.2, 0.25) is 17.7 Å². The molecule has 0 saturated carbocycles. The number of aliphatic hydroxyl groups is 1. The van der Waals surface area contributed by atoms with Crippen molar-refractivity contribution in [2.75, 3.05) is 26.2 Å². The summed E-state index contributed by atoms with van der Waals surface area (Å²) in [5, 5.41) is 19.3. The molecule has 46 heavy (non-hydrogen) atoms. The Morgan fingerprint density at radius 1 is 1.09 bits per heavy atom. The lowest BCUT2D eigenvalue weighted by atomic mass is 9.70. The van der Waals surface area contributed by atoms with Crippen LogP contribution >= 0.6 is 0 Å². The van der Waals surface area contributed by atoms with E-state index in [9.17, 15) is 19.5 Å². The zero-order valence-electron chi connectivity index (χ0n) is 26.3. The smallest absolute Gasteiger partial charge is 0.250 e. The monoisotopic (exact) mass is 626 g/mol. The van der Waals surface area contributed by atoms with Crippen LogP contribution in [-0.4, -0.2) is 103 Å². The van der Waals surface area contributed by atoms with E-state index in [0.717, 1.165) is 17.5 Å². The number of rotatable bonds is 14. The maximum atomic E-state index is 14.9. The average Bonchev–Trinajstić information content (AvgIpc) is 3.83. The molecule has 6 atom stereocenters. The number of carbonyl (C=O) groups excluding carboxylic acids is 3. The number of aromatic nitrogens is 3. The van der Waals surface area contributed by atoms with Crippen LogP contribution in [0.15, 0.2) is 79.9 Å². The SMILES string of the molecule is C=CCN(Cn1nnc2ccccc21)C(=O)C1N([C@@H](CO)Cc2ccccc2)C(=O)[C@@H]2[C@@H](C(=O)N(CC=C)CCC)[C@H]3CCC12O3. The van der Waals surface area contributed by atoms with Crippen molar-refractivity contribution in [1.82, 2.24) is 29.7 Å². The van der Waals surface area contributed by atoms with E-state index in [4.69, 9.17) is 4.74 Å². The molecule has 1 aromatic heterocycles. The van der Waals surface area contributed by atoms with Gasteiger partial charge in [-0.15, -0.1) is 18.3 Å². The minimum Gasteiger partial charge on any atom is -0.394 e. The van der Waals surface area contributed by atoms with Crippen LogP contribution in [-0.2, 0) is 32.2 Å². The normalized spacial score (nSPS) is 25.4. The zero-order chi connectivity index (χ0) is 32.4. The molecule has 2 bridgehead atoms. The van der Waals surface area contributed by atoms with Crippen LogP contribution in [0.2, 0.25) is 0 Å². The van der Waals surface area contributed by atoms with Gasteiger partial charge in [-0.3, -0.25) is 14.4 Å². The van der Waals surface area contributed by atoms with Crippen LogP contribution in [0.3, 0.4) is 0 Å². The van der Waals surface area contributed by atoms with Gasteiger partial charge in [0.15, 0.2) is 0 Å². The van der Waals surface area contributed by atoms with Gasteiger partial charge in [-0.05, 0) is 43.4 Å². The fourth-order valence-corrected chi connectivity index (χ4v) is 7.84. The minimum absolute atomic E-state index is 0.0719. The second kappa shape index (κ2) is 13.2. The average molecular weight is 627 g/mol. The van der Waals surface area contributed by atoms with Crippen molar-refractivity contribution < 1.29 is 24.2 Å². The Labute approximate surface area is 269 Å². The first-order chi connectivity index (χ1) is 22.4. The molecule has 2 aromatic carbocycles. The number of nitrogens with zero attached hydrogens (tertiary/aromatic N) is 6. The summed E-state index contributed by atoms with van der Waals surface area (Å²) < 4.78 is 8.36. The van der Waals surface area contributed by atoms with Crippen LogP contribution < -0.4 is 0 Å². The van der Waals surface area contributed by atoms with Crippen molar-refractivity contribution in [2.45, 2.75) is 63.1 Å². The number of hydrogen-bond donors (Lipinski definition) is 1. The largest absolute Gasteiger partial charge is 0.394 e. The van der Waals surface area contributed by atoms with Gasteiger partial charge in [0.25, 0.3) is 0 Å². The zero-order valence-corrected chi connectivity index (χ0v) is 26.3. The van der Waals surface area contributed by atoms with Crippen LogP contribution in [0.5, 0.6) is 0 Å². The van der Waals surface area contributed by atoms with Crippen LogP contribution in [0.1, 0.15) is 31.7 Å². The number of fused-ring (bicyclic) bond motifs is 2. The lowest BCUT2D eigenvalue weighted by Crippen LogP contribution is -2.59. The number of amides is 3. The standard InChI is InChI=1S/C35H42N6O5/c1-4-18-38(19-5-2)32(43)29-28-16-17-35(46-28)30(29)33(44)41(25(22-42)21-24-12-8-7-9-13-24)31(35)34(45)39(20-6-3)23-40-27-15-11-10-14-26(27)36-37-40/h4,6-15,25,28-31,42H,1,3,5,16-23H2,2H3/t25-,28-,29+,30+,31?,35?/m1/s1. The molecule has 11 nitrogen and oxygen atoms in total. The summed E-state index contributed by atoms with van der Waals surface area (Å²) in [6.45, 7) is 10.5. The highest BCUT2D eigenvalue weighted by Gasteiger charge is 2.75. The molecule has 1 spiro atoms. The first-order valence-corrected chi connectivity index (χ1v) is 16.1.